The molecule has 15 atom stereocenters. The van der Waals surface area contributed by atoms with Gasteiger partial charge in [-0.25, -0.2) is 0 Å². The van der Waals surface area contributed by atoms with Gasteiger partial charge in [0.05, 0.1) is 6.10 Å². The van der Waals surface area contributed by atoms with Crippen molar-refractivity contribution in [1.82, 2.24) is 0 Å². The van der Waals surface area contributed by atoms with Crippen molar-refractivity contribution in [1.29, 1.82) is 0 Å². The van der Waals surface area contributed by atoms with Crippen molar-refractivity contribution in [2.24, 2.45) is 70.5 Å². The summed E-state index contributed by atoms with van der Waals surface area (Å²) in [5.74, 6) is 6.89. The lowest BCUT2D eigenvalue weighted by molar-refractivity contribution is -0.389. The van der Waals surface area contributed by atoms with Gasteiger partial charge in [0.15, 0.2) is 5.79 Å². The van der Waals surface area contributed by atoms with Gasteiger partial charge in [-0.05, 0) is 78.9 Å². The van der Waals surface area contributed by atoms with E-state index in [1.54, 1.807) is 0 Å². The standard InChI is InChI=1S/C21H24O4/c1-23-21-18-12-6-2-4-8-11(6)17-14(12)15-13(18)10-7(3-5-9(10)25-21)16(15)20(17,21)19(22)24-8/h6-18H,2-5H2,1H3/t6-,7-,8-,9-,10+,11-,12-,13+,14-,15+,16+,17+,18-,20-,21+/m1/s1. The van der Waals surface area contributed by atoms with Crippen LogP contribution >= 0.6 is 0 Å². The predicted octanol–water partition coefficient (Wildman–Crippen LogP) is 2.07. The van der Waals surface area contributed by atoms with Gasteiger partial charge in [0.25, 0.3) is 0 Å². The molecule has 0 unspecified atom stereocenters. The van der Waals surface area contributed by atoms with E-state index in [1.165, 1.54) is 19.3 Å². The van der Waals surface area contributed by atoms with Gasteiger partial charge in [-0.1, -0.05) is 0 Å². The molecule has 10 fully saturated rings. The highest BCUT2D eigenvalue weighted by atomic mass is 16.7. The third-order valence-electron chi connectivity index (χ3n) is 11.5. The summed E-state index contributed by atoms with van der Waals surface area (Å²) in [7, 11) is 1.84. The molecule has 1 spiro atoms. The summed E-state index contributed by atoms with van der Waals surface area (Å²) in [6.45, 7) is 0. The first-order valence-corrected chi connectivity index (χ1v) is 10.7. The lowest BCUT2D eigenvalue weighted by Crippen LogP contribution is -2.73. The summed E-state index contributed by atoms with van der Waals surface area (Å²) < 4.78 is 19.6. The van der Waals surface area contributed by atoms with E-state index in [0.29, 0.717) is 35.7 Å². The molecule has 2 heterocycles. The van der Waals surface area contributed by atoms with Crippen molar-refractivity contribution in [2.75, 3.05) is 7.11 Å². The Labute approximate surface area is 146 Å². The summed E-state index contributed by atoms with van der Waals surface area (Å²) in [5, 5.41) is 0. The van der Waals surface area contributed by atoms with E-state index in [4.69, 9.17) is 14.2 Å². The van der Waals surface area contributed by atoms with Crippen LogP contribution in [0.1, 0.15) is 25.7 Å². The average molecular weight is 340 g/mol. The molecule has 0 aromatic heterocycles. The fourth-order valence-electron chi connectivity index (χ4n) is 12.1. The maximum Gasteiger partial charge on any atom is 0.318 e. The van der Waals surface area contributed by atoms with Crippen LogP contribution in [0.4, 0.5) is 0 Å². The molecule has 10 rings (SSSR count). The molecule has 0 N–H and O–H groups in total. The Hall–Kier alpha value is -0.610. The molecule has 2 saturated heterocycles. The van der Waals surface area contributed by atoms with Crippen LogP contribution in [0.5, 0.6) is 0 Å². The second-order valence-corrected chi connectivity index (χ2v) is 10.9. The highest BCUT2D eigenvalue weighted by Gasteiger charge is 2.98. The highest BCUT2D eigenvalue weighted by Crippen LogP contribution is 2.93. The normalized spacial score (nSPS) is 79.1. The molecule has 4 heteroatoms. The highest BCUT2D eigenvalue weighted by molar-refractivity contribution is 5.83. The molecule has 25 heavy (non-hydrogen) atoms. The molecule has 8 aliphatic carbocycles. The molecule has 0 aromatic rings. The van der Waals surface area contributed by atoms with Crippen molar-refractivity contribution in [3.05, 3.63) is 0 Å². The molecule has 0 amide bonds. The molecule has 2 aliphatic heterocycles. The molecule has 9 bridgehead atoms. The van der Waals surface area contributed by atoms with Gasteiger partial charge < -0.3 is 14.2 Å². The number of hydrogen-bond acceptors (Lipinski definition) is 4. The number of hydrogen-bond donors (Lipinski definition) is 0. The maximum atomic E-state index is 13.8. The Morgan fingerprint density at radius 1 is 0.840 bits per heavy atom. The van der Waals surface area contributed by atoms with E-state index >= 15 is 0 Å². The van der Waals surface area contributed by atoms with Gasteiger partial charge in [0.2, 0.25) is 0 Å². The summed E-state index contributed by atoms with van der Waals surface area (Å²) in [6, 6.07) is 0. The van der Waals surface area contributed by atoms with Crippen LogP contribution in [0.2, 0.25) is 0 Å². The Morgan fingerprint density at radius 3 is 2.48 bits per heavy atom. The predicted molar refractivity (Wildman–Crippen MR) is 83.8 cm³/mol. The smallest absolute Gasteiger partial charge is 0.318 e. The van der Waals surface area contributed by atoms with E-state index in [-0.39, 0.29) is 12.1 Å². The zero-order chi connectivity index (χ0) is 16.0. The largest absolute Gasteiger partial charge is 0.461 e. The number of carbonyl (C=O) groups is 1. The summed E-state index contributed by atoms with van der Waals surface area (Å²) in [4.78, 5) is 13.8. The third kappa shape index (κ3) is 0.818. The molecule has 0 aromatic carbocycles. The second kappa shape index (κ2) is 3.22. The average Bonchev–Trinajstić information content (AvgIpc) is 3.34. The molecule has 4 nitrogen and oxygen atoms in total. The fraction of sp³-hybridized carbons (Fsp3) is 0.952. The van der Waals surface area contributed by atoms with Crippen molar-refractivity contribution >= 4 is 5.97 Å². The zero-order valence-electron chi connectivity index (χ0n) is 14.5. The van der Waals surface area contributed by atoms with Crippen LogP contribution in [0.15, 0.2) is 0 Å². The van der Waals surface area contributed by atoms with Crippen molar-refractivity contribution in [3.63, 3.8) is 0 Å². The first kappa shape index (κ1) is 12.7. The fourth-order valence-corrected chi connectivity index (χ4v) is 12.1. The lowest BCUT2D eigenvalue weighted by Gasteiger charge is -2.62. The van der Waals surface area contributed by atoms with Gasteiger partial charge in [-0.2, -0.15) is 0 Å². The van der Waals surface area contributed by atoms with E-state index in [1.807, 2.05) is 7.11 Å². The molecule has 0 radical (unpaired) electrons. The number of ether oxygens (including phenoxy) is 3. The van der Waals surface area contributed by atoms with Crippen molar-refractivity contribution < 1.29 is 19.0 Å². The minimum atomic E-state index is -0.649. The summed E-state index contributed by atoms with van der Waals surface area (Å²) >= 11 is 0. The lowest BCUT2D eigenvalue weighted by atomic mass is 9.52. The number of rotatable bonds is 1. The number of methoxy groups -OCH3 is 1. The topological polar surface area (TPSA) is 44.8 Å². The van der Waals surface area contributed by atoms with E-state index in [9.17, 15) is 4.79 Å². The Morgan fingerprint density at radius 2 is 1.60 bits per heavy atom. The zero-order valence-corrected chi connectivity index (χ0v) is 14.5. The number of carbonyl (C=O) groups excluding carboxylic acids is 1. The summed E-state index contributed by atoms with van der Waals surface area (Å²) in [6.07, 6.45) is 5.40. The van der Waals surface area contributed by atoms with Gasteiger partial charge in [0, 0.05) is 18.9 Å². The molecule has 132 valence electrons. The van der Waals surface area contributed by atoms with Crippen molar-refractivity contribution in [3.8, 4) is 0 Å². The van der Waals surface area contributed by atoms with Gasteiger partial charge in [0.1, 0.15) is 11.5 Å². The van der Waals surface area contributed by atoms with Crippen LogP contribution in [-0.2, 0) is 19.0 Å². The Kier molecular flexibility index (Phi) is 1.64. The summed E-state index contributed by atoms with van der Waals surface area (Å²) in [5.41, 5.74) is -0.455. The van der Waals surface area contributed by atoms with Crippen molar-refractivity contribution in [2.45, 2.75) is 43.7 Å². The molecular formula is C21H24O4. The number of esters is 1. The van der Waals surface area contributed by atoms with Crippen LogP contribution < -0.4 is 0 Å². The van der Waals surface area contributed by atoms with Crippen LogP contribution in [0, 0.1) is 70.5 Å². The molecule has 8 saturated carbocycles. The van der Waals surface area contributed by atoms with Crippen LogP contribution in [-0.4, -0.2) is 31.1 Å². The minimum Gasteiger partial charge on any atom is -0.461 e. The second-order valence-electron chi connectivity index (χ2n) is 10.9. The molecule has 10 aliphatic rings. The SMILES string of the molecule is CO[C@@]12O[C@@H]3CC[C@@H]4[C@@H]3[C@H]3[C@H]5[C@H]6[C@@H]([C@@H]7CC[C@H]8OC(=O)[C@]1([C@H]6[C@H]78)[C@@H]45)[C@H]32. The van der Waals surface area contributed by atoms with E-state index < -0.39 is 11.2 Å². The van der Waals surface area contributed by atoms with Crippen LogP contribution in [0.25, 0.3) is 0 Å². The molecular weight excluding hydrogens is 316 g/mol. The minimum absolute atomic E-state index is 0.0933. The van der Waals surface area contributed by atoms with Crippen LogP contribution in [0.3, 0.4) is 0 Å². The van der Waals surface area contributed by atoms with Gasteiger partial charge in [-0.15, -0.1) is 0 Å². The quantitative estimate of drug-likeness (QED) is 0.686. The first-order valence-electron chi connectivity index (χ1n) is 10.7. The van der Waals surface area contributed by atoms with Gasteiger partial charge >= 0.3 is 5.97 Å². The maximum absolute atomic E-state index is 13.8. The Bertz CT molecular complexity index is 780. The monoisotopic (exact) mass is 340 g/mol. The van der Waals surface area contributed by atoms with E-state index in [0.717, 1.165) is 41.9 Å². The third-order valence-corrected chi connectivity index (χ3v) is 11.5. The van der Waals surface area contributed by atoms with E-state index in [2.05, 4.69) is 0 Å². The van der Waals surface area contributed by atoms with Gasteiger partial charge in [-0.3, -0.25) is 4.79 Å². The Balaban J connectivity index is 1.45. The first-order chi connectivity index (χ1) is 12.3.